The maximum Gasteiger partial charge on any atom is 0.240 e. The van der Waals surface area contributed by atoms with Crippen molar-refractivity contribution in [1.29, 1.82) is 0 Å². The zero-order chi connectivity index (χ0) is 11.7. The molecule has 5 nitrogen and oxygen atoms in total. The second kappa shape index (κ2) is 4.74. The smallest absolute Gasteiger partial charge is 0.240 e. The molecule has 1 aromatic rings. The van der Waals surface area contributed by atoms with Crippen LogP contribution in [0.4, 0.5) is 0 Å². The van der Waals surface area contributed by atoms with Crippen molar-refractivity contribution in [3.8, 4) is 0 Å². The predicted molar refractivity (Wildman–Crippen MR) is 61.3 cm³/mol. The molecular formula is C12H19N3O2. The van der Waals surface area contributed by atoms with E-state index in [0.29, 0.717) is 0 Å². The summed E-state index contributed by atoms with van der Waals surface area (Å²) in [6.45, 7) is 4.82. The number of nitrogens with zero attached hydrogens (tertiary/aromatic N) is 3. The Balaban J connectivity index is 1.62. The van der Waals surface area contributed by atoms with E-state index in [-0.39, 0.29) is 6.10 Å². The van der Waals surface area contributed by atoms with Crippen molar-refractivity contribution in [2.75, 3.05) is 13.2 Å². The number of rotatable bonds is 5. The molecule has 5 heteroatoms. The van der Waals surface area contributed by atoms with Crippen molar-refractivity contribution < 1.29 is 9.26 Å². The molecule has 0 bridgehead atoms. The minimum absolute atomic E-state index is 0.0588. The summed E-state index contributed by atoms with van der Waals surface area (Å²) in [5, 5.41) is 4.03. The second-order valence-electron chi connectivity index (χ2n) is 4.84. The molecule has 1 atom stereocenters. The molecule has 0 N–H and O–H groups in total. The Morgan fingerprint density at radius 1 is 1.35 bits per heavy atom. The lowest BCUT2D eigenvalue weighted by Crippen LogP contribution is -2.25. The van der Waals surface area contributed by atoms with Gasteiger partial charge in [0.25, 0.3) is 0 Å². The number of hydrogen-bond acceptors (Lipinski definition) is 5. The molecule has 2 heterocycles. The summed E-state index contributed by atoms with van der Waals surface area (Å²) >= 11 is 0. The molecule has 0 radical (unpaired) electrons. The lowest BCUT2D eigenvalue weighted by atomic mass is 10.2. The van der Waals surface area contributed by atoms with E-state index in [1.807, 2.05) is 0 Å². The van der Waals surface area contributed by atoms with E-state index in [9.17, 15) is 0 Å². The minimum Gasteiger partial charge on any atom is -0.370 e. The van der Waals surface area contributed by atoms with Crippen molar-refractivity contribution >= 4 is 0 Å². The van der Waals surface area contributed by atoms with E-state index in [1.165, 1.54) is 12.8 Å². The molecule has 1 aromatic heterocycles. The van der Waals surface area contributed by atoms with Crippen LogP contribution >= 0.6 is 0 Å². The minimum atomic E-state index is 0.0588. The summed E-state index contributed by atoms with van der Waals surface area (Å²) < 4.78 is 10.8. The van der Waals surface area contributed by atoms with E-state index < -0.39 is 0 Å². The van der Waals surface area contributed by atoms with Gasteiger partial charge in [-0.05, 0) is 32.2 Å². The monoisotopic (exact) mass is 237 g/mol. The maximum atomic E-state index is 5.54. The quantitative estimate of drug-likeness (QED) is 0.783. The highest BCUT2D eigenvalue weighted by Crippen LogP contribution is 2.29. The number of hydrogen-bond donors (Lipinski definition) is 0. The van der Waals surface area contributed by atoms with Gasteiger partial charge in [-0.1, -0.05) is 12.1 Å². The van der Waals surface area contributed by atoms with Gasteiger partial charge in [-0.2, -0.15) is 4.98 Å². The lowest BCUT2D eigenvalue weighted by molar-refractivity contribution is 0.103. The summed E-state index contributed by atoms with van der Waals surface area (Å²) in [6.07, 6.45) is 4.78. The number of ether oxygens (including phenoxy) is 1. The Labute approximate surface area is 101 Å². The van der Waals surface area contributed by atoms with Crippen molar-refractivity contribution in [3.63, 3.8) is 0 Å². The van der Waals surface area contributed by atoms with Gasteiger partial charge in [-0.3, -0.25) is 4.90 Å². The van der Waals surface area contributed by atoms with Crippen molar-refractivity contribution in [2.24, 2.45) is 0 Å². The van der Waals surface area contributed by atoms with Gasteiger partial charge in [-0.25, -0.2) is 0 Å². The highest BCUT2D eigenvalue weighted by Gasteiger charge is 2.29. The fourth-order valence-corrected chi connectivity index (χ4v) is 2.36. The SMILES string of the molecule is CCN(Cc1nc([C@H]2CCCO2)no1)C1CC1. The molecule has 0 spiro atoms. The molecule has 2 aliphatic rings. The van der Waals surface area contributed by atoms with Gasteiger partial charge in [0, 0.05) is 12.6 Å². The average Bonchev–Trinajstić information content (AvgIpc) is 2.88. The highest BCUT2D eigenvalue weighted by atomic mass is 16.5. The van der Waals surface area contributed by atoms with Crippen LogP contribution in [0, 0.1) is 0 Å². The normalized spacial score (nSPS) is 24.7. The molecule has 1 saturated heterocycles. The van der Waals surface area contributed by atoms with Gasteiger partial charge >= 0.3 is 0 Å². The Morgan fingerprint density at radius 3 is 2.88 bits per heavy atom. The standard InChI is InChI=1S/C12H19N3O2/c1-2-15(9-5-6-9)8-11-13-12(14-17-11)10-4-3-7-16-10/h9-10H,2-8H2,1H3/t10-/m1/s1. The van der Waals surface area contributed by atoms with Crippen LogP contribution in [0.5, 0.6) is 0 Å². The van der Waals surface area contributed by atoms with Crippen LogP contribution in [0.1, 0.15) is 50.4 Å². The van der Waals surface area contributed by atoms with Crippen LogP contribution in [-0.2, 0) is 11.3 Å². The number of aromatic nitrogens is 2. The fourth-order valence-electron chi connectivity index (χ4n) is 2.36. The first-order chi connectivity index (χ1) is 8.36. The van der Waals surface area contributed by atoms with E-state index in [1.54, 1.807) is 0 Å². The first-order valence-electron chi connectivity index (χ1n) is 6.55. The largest absolute Gasteiger partial charge is 0.370 e. The summed E-state index contributed by atoms with van der Waals surface area (Å²) in [5.41, 5.74) is 0. The zero-order valence-corrected chi connectivity index (χ0v) is 10.3. The molecule has 3 rings (SSSR count). The van der Waals surface area contributed by atoms with Gasteiger partial charge in [0.05, 0.1) is 6.54 Å². The van der Waals surface area contributed by atoms with E-state index in [4.69, 9.17) is 9.26 Å². The van der Waals surface area contributed by atoms with Crippen molar-refractivity contribution in [3.05, 3.63) is 11.7 Å². The summed E-state index contributed by atoms with van der Waals surface area (Å²) in [6, 6.07) is 0.734. The van der Waals surface area contributed by atoms with Crippen LogP contribution in [0.3, 0.4) is 0 Å². The molecule has 17 heavy (non-hydrogen) atoms. The topological polar surface area (TPSA) is 51.4 Å². The zero-order valence-electron chi connectivity index (χ0n) is 10.3. The molecule has 1 aliphatic carbocycles. The average molecular weight is 237 g/mol. The molecule has 94 valence electrons. The van der Waals surface area contributed by atoms with Gasteiger partial charge < -0.3 is 9.26 Å². The van der Waals surface area contributed by atoms with Gasteiger partial charge in [0.1, 0.15) is 6.10 Å². The maximum absolute atomic E-state index is 5.54. The van der Waals surface area contributed by atoms with Crippen LogP contribution < -0.4 is 0 Å². The third-order valence-electron chi connectivity index (χ3n) is 3.51. The third kappa shape index (κ3) is 2.50. The Bertz CT molecular complexity index is 370. The van der Waals surface area contributed by atoms with Crippen molar-refractivity contribution in [2.45, 2.75) is 51.3 Å². The highest BCUT2D eigenvalue weighted by molar-refractivity contribution is 4.94. The van der Waals surface area contributed by atoms with E-state index in [0.717, 1.165) is 50.3 Å². The summed E-state index contributed by atoms with van der Waals surface area (Å²) in [7, 11) is 0. The second-order valence-corrected chi connectivity index (χ2v) is 4.84. The predicted octanol–water partition coefficient (Wildman–Crippen LogP) is 1.91. The van der Waals surface area contributed by atoms with Crippen LogP contribution in [-0.4, -0.2) is 34.2 Å². The summed E-state index contributed by atoms with van der Waals surface area (Å²) in [4.78, 5) is 6.84. The Hall–Kier alpha value is -0.940. The van der Waals surface area contributed by atoms with Crippen LogP contribution in [0.25, 0.3) is 0 Å². The third-order valence-corrected chi connectivity index (χ3v) is 3.51. The van der Waals surface area contributed by atoms with Gasteiger partial charge in [0.15, 0.2) is 0 Å². The molecule has 0 amide bonds. The first-order valence-corrected chi connectivity index (χ1v) is 6.55. The fraction of sp³-hybridized carbons (Fsp3) is 0.833. The molecular weight excluding hydrogens is 218 g/mol. The van der Waals surface area contributed by atoms with Crippen LogP contribution in [0.15, 0.2) is 4.52 Å². The lowest BCUT2D eigenvalue weighted by Gasteiger charge is -2.16. The molecule has 0 aromatic carbocycles. The Kier molecular flexibility index (Phi) is 3.11. The first kappa shape index (κ1) is 11.2. The van der Waals surface area contributed by atoms with E-state index >= 15 is 0 Å². The molecule has 0 unspecified atom stereocenters. The Morgan fingerprint density at radius 2 is 2.24 bits per heavy atom. The molecule has 2 fully saturated rings. The summed E-state index contributed by atoms with van der Waals surface area (Å²) in [5.74, 6) is 1.45. The van der Waals surface area contributed by atoms with Crippen molar-refractivity contribution in [1.82, 2.24) is 15.0 Å². The van der Waals surface area contributed by atoms with E-state index in [2.05, 4.69) is 22.0 Å². The molecule has 1 saturated carbocycles. The van der Waals surface area contributed by atoms with Gasteiger partial charge in [-0.15, -0.1) is 0 Å². The molecule has 1 aliphatic heterocycles. The van der Waals surface area contributed by atoms with Crippen LogP contribution in [0.2, 0.25) is 0 Å². The van der Waals surface area contributed by atoms with Gasteiger partial charge in [0.2, 0.25) is 11.7 Å².